The first-order valence-electron chi connectivity index (χ1n) is 11.0. The van der Waals surface area contributed by atoms with E-state index in [4.69, 9.17) is 16.3 Å². The number of aromatic nitrogens is 5. The summed E-state index contributed by atoms with van der Waals surface area (Å²) in [6, 6.07) is 5.77. The van der Waals surface area contributed by atoms with Crippen molar-refractivity contribution in [1.82, 2.24) is 24.3 Å². The molecule has 0 spiro atoms. The molecule has 0 bridgehead atoms. The first-order chi connectivity index (χ1) is 17.0. The molecule has 0 saturated heterocycles. The van der Waals surface area contributed by atoms with Crippen LogP contribution in [0.25, 0.3) is 17.1 Å². The summed E-state index contributed by atoms with van der Waals surface area (Å²) in [5.41, 5.74) is 1.65. The van der Waals surface area contributed by atoms with Crippen LogP contribution in [-0.4, -0.2) is 36.0 Å². The third-order valence-electron chi connectivity index (χ3n) is 5.72. The van der Waals surface area contributed by atoms with Crippen molar-refractivity contribution in [1.29, 1.82) is 0 Å². The van der Waals surface area contributed by atoms with Gasteiger partial charge in [-0.25, -0.2) is 8.78 Å². The third kappa shape index (κ3) is 4.87. The van der Waals surface area contributed by atoms with E-state index in [0.717, 1.165) is 11.8 Å². The lowest BCUT2D eigenvalue weighted by Gasteiger charge is -2.22. The van der Waals surface area contributed by atoms with E-state index in [1.165, 1.54) is 4.57 Å². The molecule has 0 aliphatic rings. The van der Waals surface area contributed by atoms with Crippen molar-refractivity contribution in [3.05, 3.63) is 86.8 Å². The number of aryl methyl sites for hydroxylation is 2. The number of ether oxygens (including phenoxy) is 1. The highest BCUT2D eigenvalue weighted by Crippen LogP contribution is 2.27. The summed E-state index contributed by atoms with van der Waals surface area (Å²) >= 11 is 6.34. The van der Waals surface area contributed by atoms with Gasteiger partial charge >= 0.3 is 0 Å². The van der Waals surface area contributed by atoms with Gasteiger partial charge in [0.05, 0.1) is 29.7 Å². The molecular formula is C25H24ClF2N5O3. The number of pyridine rings is 3. The van der Waals surface area contributed by atoms with Gasteiger partial charge < -0.3 is 9.84 Å². The van der Waals surface area contributed by atoms with E-state index in [-0.39, 0.29) is 29.7 Å². The minimum atomic E-state index is -0.860. The number of nitrogens with zero attached hydrogens (tertiary/aromatic N) is 5. The average molecular weight is 516 g/mol. The molecule has 0 aliphatic carbocycles. The van der Waals surface area contributed by atoms with E-state index < -0.39 is 22.7 Å². The van der Waals surface area contributed by atoms with Gasteiger partial charge in [0.1, 0.15) is 34.6 Å². The van der Waals surface area contributed by atoms with Gasteiger partial charge in [0, 0.05) is 30.2 Å². The topological polar surface area (TPSA) is 95.1 Å². The van der Waals surface area contributed by atoms with Crippen LogP contribution in [0.2, 0.25) is 5.02 Å². The Labute approximate surface area is 210 Å². The minimum Gasteiger partial charge on any atom is -0.485 e. The van der Waals surface area contributed by atoms with Gasteiger partial charge in [-0.3, -0.25) is 24.0 Å². The summed E-state index contributed by atoms with van der Waals surface area (Å²) < 4.78 is 35.6. The van der Waals surface area contributed by atoms with Crippen molar-refractivity contribution in [2.45, 2.75) is 39.8 Å². The van der Waals surface area contributed by atoms with E-state index in [0.29, 0.717) is 28.8 Å². The molecule has 0 amide bonds. The van der Waals surface area contributed by atoms with Gasteiger partial charge in [0.15, 0.2) is 5.82 Å². The van der Waals surface area contributed by atoms with E-state index in [1.54, 1.807) is 42.2 Å². The van der Waals surface area contributed by atoms with Gasteiger partial charge in [-0.05, 0) is 45.4 Å². The molecule has 188 valence electrons. The molecule has 4 aromatic rings. The van der Waals surface area contributed by atoms with Gasteiger partial charge in [0.2, 0.25) is 0 Å². The molecule has 0 saturated carbocycles. The van der Waals surface area contributed by atoms with Crippen LogP contribution in [0, 0.1) is 25.5 Å². The maximum atomic E-state index is 13.9. The first kappa shape index (κ1) is 25.5. The van der Waals surface area contributed by atoms with Crippen molar-refractivity contribution in [3.8, 4) is 22.8 Å². The number of aliphatic hydroxyl groups is 1. The molecule has 0 fully saturated rings. The standard InChI is InChI=1S/C25H24ClF2N5O3/c1-14-10-29-19(18-5-6-32(31-18)25(3,4)13-34)9-21(14)33-15(2)7-22(23(26)24(33)35)36-12-20-17(28)8-16(27)11-30-20/h5-11,34H,12-13H2,1-4H3. The Morgan fingerprint density at radius 1 is 1.11 bits per heavy atom. The molecule has 0 radical (unpaired) electrons. The normalized spacial score (nSPS) is 11.7. The summed E-state index contributed by atoms with van der Waals surface area (Å²) in [6.45, 7) is 6.80. The predicted molar refractivity (Wildman–Crippen MR) is 130 cm³/mol. The van der Waals surface area contributed by atoms with Crippen LogP contribution in [0.1, 0.15) is 30.8 Å². The lowest BCUT2D eigenvalue weighted by molar-refractivity contribution is 0.152. The summed E-state index contributed by atoms with van der Waals surface area (Å²) in [6.07, 6.45) is 4.27. The summed E-state index contributed by atoms with van der Waals surface area (Å²) in [4.78, 5) is 21.4. The molecule has 8 nitrogen and oxygen atoms in total. The third-order valence-corrected chi connectivity index (χ3v) is 6.07. The van der Waals surface area contributed by atoms with Gasteiger partial charge in [-0.15, -0.1) is 0 Å². The Hall–Kier alpha value is -3.63. The summed E-state index contributed by atoms with van der Waals surface area (Å²) in [5.74, 6) is -1.61. The molecule has 4 heterocycles. The van der Waals surface area contributed by atoms with Crippen LogP contribution in [-0.2, 0) is 12.1 Å². The largest absolute Gasteiger partial charge is 0.485 e. The number of hydrogen-bond acceptors (Lipinski definition) is 6. The molecule has 4 aromatic heterocycles. The van der Waals surface area contributed by atoms with Crippen molar-refractivity contribution in [2.24, 2.45) is 0 Å². The maximum Gasteiger partial charge on any atom is 0.277 e. The molecule has 36 heavy (non-hydrogen) atoms. The van der Waals surface area contributed by atoms with Crippen LogP contribution >= 0.6 is 11.6 Å². The quantitative estimate of drug-likeness (QED) is 0.393. The fraction of sp³-hybridized carbons (Fsp3) is 0.280. The second-order valence-electron chi connectivity index (χ2n) is 8.95. The summed E-state index contributed by atoms with van der Waals surface area (Å²) in [7, 11) is 0. The van der Waals surface area contributed by atoms with Crippen molar-refractivity contribution in [3.63, 3.8) is 0 Å². The zero-order valence-electron chi connectivity index (χ0n) is 20.1. The fourth-order valence-corrected chi connectivity index (χ4v) is 3.74. The molecule has 4 rings (SSSR count). The highest BCUT2D eigenvalue weighted by atomic mass is 35.5. The van der Waals surface area contributed by atoms with Crippen molar-refractivity contribution >= 4 is 11.6 Å². The first-order valence-corrected chi connectivity index (χ1v) is 11.4. The lowest BCUT2D eigenvalue weighted by Crippen LogP contribution is -2.30. The Morgan fingerprint density at radius 2 is 1.86 bits per heavy atom. The molecule has 0 atom stereocenters. The number of halogens is 3. The molecule has 1 N–H and O–H groups in total. The molecule has 0 unspecified atom stereocenters. The second-order valence-corrected chi connectivity index (χ2v) is 9.33. The Morgan fingerprint density at radius 3 is 2.56 bits per heavy atom. The molecule has 0 aliphatic heterocycles. The zero-order valence-corrected chi connectivity index (χ0v) is 20.8. The van der Waals surface area contributed by atoms with Crippen LogP contribution in [0.4, 0.5) is 8.78 Å². The highest BCUT2D eigenvalue weighted by molar-refractivity contribution is 6.31. The van der Waals surface area contributed by atoms with E-state index in [1.807, 2.05) is 20.8 Å². The van der Waals surface area contributed by atoms with Crippen molar-refractivity contribution in [2.75, 3.05) is 6.61 Å². The predicted octanol–water partition coefficient (Wildman–Crippen LogP) is 4.35. The van der Waals surface area contributed by atoms with Gasteiger partial charge in [-0.1, -0.05) is 11.6 Å². The number of rotatable bonds is 7. The monoisotopic (exact) mass is 515 g/mol. The van der Waals surface area contributed by atoms with Crippen LogP contribution < -0.4 is 10.3 Å². The lowest BCUT2D eigenvalue weighted by atomic mass is 10.1. The smallest absolute Gasteiger partial charge is 0.277 e. The average Bonchev–Trinajstić information content (AvgIpc) is 3.34. The Kier molecular flexibility index (Phi) is 6.92. The second kappa shape index (κ2) is 9.79. The molecule has 11 heteroatoms. The SMILES string of the molecule is Cc1cnc(-c2ccn(C(C)(C)CO)n2)cc1-n1c(C)cc(OCc2ncc(F)cc2F)c(Cl)c1=O. The van der Waals surface area contributed by atoms with Crippen LogP contribution in [0.15, 0.2) is 47.7 Å². The number of aliphatic hydroxyl groups excluding tert-OH is 1. The van der Waals surface area contributed by atoms with E-state index in [9.17, 15) is 18.7 Å². The van der Waals surface area contributed by atoms with E-state index in [2.05, 4.69) is 15.1 Å². The van der Waals surface area contributed by atoms with Gasteiger partial charge in [-0.2, -0.15) is 5.10 Å². The Balaban J connectivity index is 1.69. The van der Waals surface area contributed by atoms with Gasteiger partial charge in [0.25, 0.3) is 5.56 Å². The molecule has 0 aromatic carbocycles. The van der Waals surface area contributed by atoms with Crippen molar-refractivity contribution < 1.29 is 18.6 Å². The van der Waals surface area contributed by atoms with Crippen LogP contribution in [0.3, 0.4) is 0 Å². The number of hydrogen-bond donors (Lipinski definition) is 1. The highest BCUT2D eigenvalue weighted by Gasteiger charge is 2.21. The zero-order chi connectivity index (χ0) is 26.2. The summed E-state index contributed by atoms with van der Waals surface area (Å²) in [5, 5.41) is 14.0. The minimum absolute atomic E-state index is 0.0536. The Bertz CT molecular complexity index is 1500. The van der Waals surface area contributed by atoms with Crippen LogP contribution in [0.5, 0.6) is 5.75 Å². The fourth-order valence-electron chi connectivity index (χ4n) is 3.55. The molecular weight excluding hydrogens is 492 g/mol. The van der Waals surface area contributed by atoms with E-state index >= 15 is 0 Å². The maximum absolute atomic E-state index is 13.9.